The molecule has 1 saturated heterocycles. The lowest BCUT2D eigenvalue weighted by Crippen LogP contribution is -2.43. The second-order valence-corrected chi connectivity index (χ2v) is 8.42. The SMILES string of the molecule is O=C(NCC1CCC2(CC1)OCCO2)NC1[C@@H]2[C@H]3CC[C@@H](C3)[C@@H]12. The molecule has 1 spiro atoms. The molecule has 2 N–H and O–H groups in total. The first kappa shape index (κ1) is 14.5. The molecule has 5 aliphatic rings. The first-order valence-corrected chi connectivity index (χ1v) is 9.56. The van der Waals surface area contributed by atoms with Gasteiger partial charge in [-0.15, -0.1) is 0 Å². The summed E-state index contributed by atoms with van der Waals surface area (Å²) in [7, 11) is 0. The van der Waals surface area contributed by atoms with Crippen LogP contribution in [0.25, 0.3) is 0 Å². The summed E-state index contributed by atoms with van der Waals surface area (Å²) in [6.45, 7) is 2.25. The number of urea groups is 1. The van der Waals surface area contributed by atoms with Crippen molar-refractivity contribution in [3.8, 4) is 0 Å². The molecule has 4 saturated carbocycles. The molecule has 5 rings (SSSR count). The number of carbonyl (C=O) groups excluding carboxylic acids is 1. The minimum absolute atomic E-state index is 0.0532. The molecule has 4 aliphatic carbocycles. The zero-order valence-electron chi connectivity index (χ0n) is 13.8. The first-order chi connectivity index (χ1) is 11.2. The van der Waals surface area contributed by atoms with Gasteiger partial charge in [-0.05, 0) is 61.7 Å². The molecule has 1 heterocycles. The minimum atomic E-state index is -0.288. The number of ether oxygens (including phenoxy) is 2. The summed E-state index contributed by atoms with van der Waals surface area (Å²) >= 11 is 0. The van der Waals surface area contributed by atoms with Crippen LogP contribution in [0, 0.1) is 29.6 Å². The third kappa shape index (κ3) is 2.47. The van der Waals surface area contributed by atoms with Gasteiger partial charge in [-0.3, -0.25) is 0 Å². The number of fused-ring (bicyclic) bond motifs is 5. The highest BCUT2D eigenvalue weighted by Crippen LogP contribution is 2.65. The van der Waals surface area contributed by atoms with Gasteiger partial charge in [0, 0.05) is 25.4 Å². The van der Waals surface area contributed by atoms with E-state index in [0.717, 1.165) is 69.1 Å². The third-order valence-electron chi connectivity index (χ3n) is 7.26. The molecule has 2 amide bonds. The molecular weight excluding hydrogens is 292 g/mol. The number of hydrogen-bond acceptors (Lipinski definition) is 3. The van der Waals surface area contributed by atoms with Crippen LogP contribution in [-0.2, 0) is 9.47 Å². The highest BCUT2D eigenvalue weighted by atomic mass is 16.7. The zero-order chi connectivity index (χ0) is 15.4. The van der Waals surface area contributed by atoms with Gasteiger partial charge in [-0.25, -0.2) is 4.79 Å². The van der Waals surface area contributed by atoms with Crippen LogP contribution in [0.1, 0.15) is 44.9 Å². The standard InChI is InChI=1S/C18H28N2O3/c21-17(20-16-14-12-1-2-13(9-12)15(14)16)19-10-11-3-5-18(6-4-11)22-7-8-23-18/h11-16H,1-10H2,(H2,19,20,21)/t12-,13-,14+,15+/m0/s1. The topological polar surface area (TPSA) is 59.6 Å². The van der Waals surface area contributed by atoms with E-state index in [1.807, 2.05) is 0 Å². The van der Waals surface area contributed by atoms with Gasteiger partial charge in [0.25, 0.3) is 0 Å². The predicted molar refractivity (Wildman–Crippen MR) is 84.7 cm³/mol. The van der Waals surface area contributed by atoms with Gasteiger partial charge in [-0.2, -0.15) is 0 Å². The largest absolute Gasteiger partial charge is 0.348 e. The molecule has 0 aromatic rings. The molecule has 128 valence electrons. The van der Waals surface area contributed by atoms with E-state index in [4.69, 9.17) is 9.47 Å². The second kappa shape index (κ2) is 5.35. The quantitative estimate of drug-likeness (QED) is 0.838. The monoisotopic (exact) mass is 320 g/mol. The second-order valence-electron chi connectivity index (χ2n) is 8.42. The lowest BCUT2D eigenvalue weighted by atomic mass is 9.85. The van der Waals surface area contributed by atoms with E-state index in [1.54, 1.807) is 0 Å². The van der Waals surface area contributed by atoms with Crippen molar-refractivity contribution < 1.29 is 14.3 Å². The smallest absolute Gasteiger partial charge is 0.315 e. The van der Waals surface area contributed by atoms with Crippen molar-refractivity contribution in [2.24, 2.45) is 29.6 Å². The summed E-state index contributed by atoms with van der Waals surface area (Å²) in [5.74, 6) is 3.72. The molecule has 4 atom stereocenters. The van der Waals surface area contributed by atoms with Crippen molar-refractivity contribution in [2.45, 2.75) is 56.8 Å². The summed E-state index contributed by atoms with van der Waals surface area (Å²) in [6.07, 6.45) is 8.34. The van der Waals surface area contributed by atoms with Crippen molar-refractivity contribution in [1.29, 1.82) is 0 Å². The Labute approximate surface area is 137 Å². The van der Waals surface area contributed by atoms with Crippen LogP contribution in [-0.4, -0.2) is 37.6 Å². The van der Waals surface area contributed by atoms with Gasteiger partial charge >= 0.3 is 6.03 Å². The molecule has 0 aromatic heterocycles. The Kier molecular flexibility index (Phi) is 3.38. The highest BCUT2D eigenvalue weighted by Gasteiger charge is 2.65. The van der Waals surface area contributed by atoms with E-state index < -0.39 is 0 Å². The maximum atomic E-state index is 12.2. The first-order valence-electron chi connectivity index (χ1n) is 9.56. The fraction of sp³-hybridized carbons (Fsp3) is 0.944. The molecule has 5 fully saturated rings. The number of rotatable bonds is 3. The summed E-state index contributed by atoms with van der Waals surface area (Å²) in [6, 6.07) is 0.536. The Bertz CT molecular complexity index is 465. The van der Waals surface area contributed by atoms with Crippen molar-refractivity contribution in [3.63, 3.8) is 0 Å². The van der Waals surface area contributed by atoms with Crippen LogP contribution in [0.15, 0.2) is 0 Å². The Balaban J connectivity index is 1.04. The number of amides is 2. The van der Waals surface area contributed by atoms with Crippen molar-refractivity contribution in [3.05, 3.63) is 0 Å². The van der Waals surface area contributed by atoms with Gasteiger partial charge in [-0.1, -0.05) is 0 Å². The summed E-state index contributed by atoms with van der Waals surface area (Å²) in [5, 5.41) is 6.36. The third-order valence-corrected chi connectivity index (χ3v) is 7.26. The average molecular weight is 320 g/mol. The fourth-order valence-electron chi connectivity index (χ4n) is 6.07. The predicted octanol–water partition coefficient (Wildman–Crippen LogP) is 2.26. The molecule has 23 heavy (non-hydrogen) atoms. The van der Waals surface area contributed by atoms with E-state index in [2.05, 4.69) is 10.6 Å². The molecule has 5 nitrogen and oxygen atoms in total. The van der Waals surface area contributed by atoms with Crippen LogP contribution < -0.4 is 10.6 Å². The van der Waals surface area contributed by atoms with E-state index in [1.165, 1.54) is 19.3 Å². The normalized spacial score (nSPS) is 43.6. The van der Waals surface area contributed by atoms with Gasteiger partial charge in [0.15, 0.2) is 5.79 Å². The van der Waals surface area contributed by atoms with Crippen molar-refractivity contribution >= 4 is 6.03 Å². The lowest BCUT2D eigenvalue weighted by molar-refractivity contribution is -0.182. The average Bonchev–Trinajstić information content (AvgIpc) is 2.95. The molecule has 0 aromatic carbocycles. The van der Waals surface area contributed by atoms with Crippen LogP contribution in [0.2, 0.25) is 0 Å². The molecule has 5 heteroatoms. The minimum Gasteiger partial charge on any atom is -0.348 e. The van der Waals surface area contributed by atoms with Gasteiger partial charge in [0.05, 0.1) is 13.2 Å². The lowest BCUT2D eigenvalue weighted by Gasteiger charge is -2.35. The van der Waals surface area contributed by atoms with E-state index in [0.29, 0.717) is 12.0 Å². The number of hydrogen-bond donors (Lipinski definition) is 2. The van der Waals surface area contributed by atoms with Crippen LogP contribution in [0.3, 0.4) is 0 Å². The fourth-order valence-corrected chi connectivity index (χ4v) is 6.07. The maximum Gasteiger partial charge on any atom is 0.315 e. The van der Waals surface area contributed by atoms with E-state index in [9.17, 15) is 4.79 Å². The Hall–Kier alpha value is -0.810. The number of nitrogens with one attached hydrogen (secondary N) is 2. The van der Waals surface area contributed by atoms with Crippen molar-refractivity contribution in [2.75, 3.05) is 19.8 Å². The van der Waals surface area contributed by atoms with Crippen molar-refractivity contribution in [1.82, 2.24) is 10.6 Å². The van der Waals surface area contributed by atoms with E-state index >= 15 is 0 Å². The van der Waals surface area contributed by atoms with Crippen LogP contribution in [0.4, 0.5) is 4.79 Å². The van der Waals surface area contributed by atoms with Crippen LogP contribution >= 0.6 is 0 Å². The molecule has 1 aliphatic heterocycles. The van der Waals surface area contributed by atoms with Crippen LogP contribution in [0.5, 0.6) is 0 Å². The summed E-state index contributed by atoms with van der Waals surface area (Å²) < 4.78 is 11.5. The Morgan fingerprint density at radius 2 is 1.65 bits per heavy atom. The highest BCUT2D eigenvalue weighted by molar-refractivity contribution is 5.74. The summed E-state index contributed by atoms with van der Waals surface area (Å²) in [4.78, 5) is 12.2. The number of carbonyl (C=O) groups is 1. The zero-order valence-corrected chi connectivity index (χ0v) is 13.8. The molecule has 0 unspecified atom stereocenters. The molecule has 0 radical (unpaired) electrons. The molecule has 2 bridgehead atoms. The summed E-state index contributed by atoms with van der Waals surface area (Å²) in [5.41, 5.74) is 0. The van der Waals surface area contributed by atoms with Gasteiger partial charge in [0.2, 0.25) is 0 Å². The Morgan fingerprint density at radius 1 is 1.00 bits per heavy atom. The molecular formula is C18H28N2O3. The van der Waals surface area contributed by atoms with E-state index in [-0.39, 0.29) is 11.8 Å². The maximum absolute atomic E-state index is 12.2. The van der Waals surface area contributed by atoms with Gasteiger partial charge < -0.3 is 20.1 Å². The Morgan fingerprint density at radius 3 is 2.30 bits per heavy atom. The van der Waals surface area contributed by atoms with Gasteiger partial charge in [0.1, 0.15) is 0 Å².